The minimum atomic E-state index is -4.07. The SMILES string of the molecule is CCCCCCCCCCC(C(=O)O)C(=O)C1(CCCCCCCCCC)C(=O)C(CCCCCCCCCC)S1(=O)=O. The highest BCUT2D eigenvalue weighted by Crippen LogP contribution is 2.46. The van der Waals surface area contributed by atoms with Crippen molar-refractivity contribution in [3.05, 3.63) is 0 Å². The van der Waals surface area contributed by atoms with Gasteiger partial charge in [-0.05, 0) is 19.3 Å². The lowest BCUT2D eigenvalue weighted by molar-refractivity contribution is -0.148. The molecule has 1 heterocycles. The van der Waals surface area contributed by atoms with E-state index in [1.54, 1.807) is 0 Å². The quantitative estimate of drug-likeness (QED) is 0.0628. The molecule has 0 aromatic carbocycles. The van der Waals surface area contributed by atoms with Gasteiger partial charge in [0.05, 0.1) is 0 Å². The van der Waals surface area contributed by atoms with Crippen LogP contribution in [0.5, 0.6) is 0 Å². The number of hydrogen-bond acceptors (Lipinski definition) is 5. The molecule has 1 aliphatic rings. The summed E-state index contributed by atoms with van der Waals surface area (Å²) in [5.74, 6) is -4.11. The van der Waals surface area contributed by atoms with E-state index >= 15 is 0 Å². The number of Topliss-reactive ketones (excluding diaryl/α,β-unsaturated/α-hetero) is 2. The highest BCUT2D eigenvalue weighted by Gasteiger charge is 2.71. The van der Waals surface area contributed by atoms with Gasteiger partial charge in [0, 0.05) is 0 Å². The number of carboxylic acid groups (broad SMARTS) is 1. The summed E-state index contributed by atoms with van der Waals surface area (Å²) >= 11 is 0. The molecule has 3 atom stereocenters. The van der Waals surface area contributed by atoms with Gasteiger partial charge < -0.3 is 5.11 Å². The zero-order valence-electron chi connectivity index (χ0n) is 28.1. The molecule has 0 aromatic rings. The Kier molecular flexibility index (Phi) is 21.4. The lowest BCUT2D eigenvalue weighted by Crippen LogP contribution is -2.72. The Morgan fingerprint density at radius 2 is 1.00 bits per heavy atom. The van der Waals surface area contributed by atoms with Gasteiger partial charge in [-0.2, -0.15) is 0 Å². The van der Waals surface area contributed by atoms with E-state index in [1.807, 2.05) is 0 Å². The maximum absolute atomic E-state index is 13.9. The molecule has 1 rings (SSSR count). The summed E-state index contributed by atoms with van der Waals surface area (Å²) in [6.45, 7) is 6.54. The van der Waals surface area contributed by atoms with E-state index in [2.05, 4.69) is 20.8 Å². The van der Waals surface area contributed by atoms with Crippen molar-refractivity contribution in [2.75, 3.05) is 0 Å². The number of aliphatic carboxylic acids is 1. The fourth-order valence-corrected chi connectivity index (χ4v) is 9.30. The molecule has 0 saturated carbocycles. The first-order valence-corrected chi connectivity index (χ1v) is 19.8. The van der Waals surface area contributed by atoms with Crippen molar-refractivity contribution in [1.82, 2.24) is 0 Å². The first-order chi connectivity index (χ1) is 20.7. The molecule has 1 fully saturated rings. The summed E-state index contributed by atoms with van der Waals surface area (Å²) in [5, 5.41) is 8.86. The van der Waals surface area contributed by atoms with E-state index < -0.39 is 43.3 Å². The third-order valence-electron chi connectivity index (χ3n) is 9.61. The lowest BCUT2D eigenvalue weighted by Gasteiger charge is -2.45. The van der Waals surface area contributed by atoms with Gasteiger partial charge >= 0.3 is 5.97 Å². The maximum Gasteiger partial charge on any atom is 0.314 e. The monoisotopic (exact) mass is 626 g/mol. The van der Waals surface area contributed by atoms with Crippen LogP contribution >= 0.6 is 0 Å². The van der Waals surface area contributed by atoms with E-state index in [4.69, 9.17) is 0 Å². The van der Waals surface area contributed by atoms with Gasteiger partial charge in [-0.15, -0.1) is 0 Å². The van der Waals surface area contributed by atoms with E-state index in [-0.39, 0.29) is 19.3 Å². The summed E-state index contributed by atoms with van der Waals surface area (Å²) in [4.78, 5) is 39.8. The maximum atomic E-state index is 13.9. The van der Waals surface area contributed by atoms with Gasteiger partial charge in [0.15, 0.2) is 26.2 Å². The van der Waals surface area contributed by atoms with Crippen LogP contribution in [0.4, 0.5) is 0 Å². The van der Waals surface area contributed by atoms with E-state index in [9.17, 15) is 27.9 Å². The van der Waals surface area contributed by atoms with Crippen molar-refractivity contribution in [2.24, 2.45) is 5.92 Å². The largest absolute Gasteiger partial charge is 0.481 e. The number of hydrogen-bond donors (Lipinski definition) is 1. The van der Waals surface area contributed by atoms with Crippen molar-refractivity contribution >= 4 is 27.4 Å². The standard InChI is InChI=1S/C36H66O6S/c1-4-7-10-13-16-19-22-25-28-31(35(39)40)33(37)36(30-27-24-21-18-15-12-9-6-3)34(38)32(43(36,41)42)29-26-23-20-17-14-11-8-5-2/h31-32H,4-30H2,1-3H3,(H,39,40). The van der Waals surface area contributed by atoms with Crippen LogP contribution in [-0.4, -0.2) is 41.1 Å². The zero-order chi connectivity index (χ0) is 32.0. The number of rotatable bonds is 30. The van der Waals surface area contributed by atoms with Gasteiger partial charge in [0.2, 0.25) is 0 Å². The summed E-state index contributed by atoms with van der Waals surface area (Å²) in [7, 11) is -4.07. The first-order valence-electron chi connectivity index (χ1n) is 18.3. The Hall–Kier alpha value is -1.24. The number of sulfone groups is 1. The molecule has 0 spiro atoms. The second kappa shape index (κ2) is 23.1. The molecule has 0 aliphatic carbocycles. The molecule has 1 aliphatic heterocycles. The zero-order valence-corrected chi connectivity index (χ0v) is 29.0. The number of carboxylic acids is 1. The van der Waals surface area contributed by atoms with Crippen LogP contribution in [0.2, 0.25) is 0 Å². The molecular weight excluding hydrogens is 560 g/mol. The Morgan fingerprint density at radius 3 is 1.40 bits per heavy atom. The molecule has 1 N–H and O–H groups in total. The molecule has 0 aromatic heterocycles. The first kappa shape index (κ1) is 39.8. The average molecular weight is 627 g/mol. The predicted molar refractivity (Wildman–Crippen MR) is 178 cm³/mol. The Bertz CT molecular complexity index is 882. The summed E-state index contributed by atoms with van der Waals surface area (Å²) in [6.07, 6.45) is 24.9. The fraction of sp³-hybridized carbons (Fsp3) is 0.917. The van der Waals surface area contributed by atoms with Crippen LogP contribution in [-0.2, 0) is 24.2 Å². The normalized spacial score (nSPS) is 20.2. The van der Waals surface area contributed by atoms with Crippen LogP contribution in [0.3, 0.4) is 0 Å². The van der Waals surface area contributed by atoms with E-state index in [0.717, 1.165) is 70.6 Å². The second-order valence-electron chi connectivity index (χ2n) is 13.2. The third-order valence-corrected chi connectivity index (χ3v) is 12.4. The topological polar surface area (TPSA) is 106 Å². The van der Waals surface area contributed by atoms with Crippen LogP contribution in [0.1, 0.15) is 194 Å². The van der Waals surface area contributed by atoms with Gasteiger partial charge in [-0.3, -0.25) is 14.4 Å². The molecule has 1 saturated heterocycles. The van der Waals surface area contributed by atoms with Crippen LogP contribution in [0, 0.1) is 5.92 Å². The van der Waals surface area contributed by atoms with E-state index in [0.29, 0.717) is 19.3 Å². The van der Waals surface area contributed by atoms with Gasteiger partial charge in [-0.25, -0.2) is 8.42 Å². The second-order valence-corrected chi connectivity index (χ2v) is 15.6. The molecule has 43 heavy (non-hydrogen) atoms. The van der Waals surface area contributed by atoms with Crippen LogP contribution < -0.4 is 0 Å². The van der Waals surface area contributed by atoms with Gasteiger partial charge in [0.25, 0.3) is 0 Å². The molecule has 3 unspecified atom stereocenters. The van der Waals surface area contributed by atoms with E-state index in [1.165, 1.54) is 64.2 Å². The van der Waals surface area contributed by atoms with Crippen LogP contribution in [0.15, 0.2) is 0 Å². The summed E-state index contributed by atoms with van der Waals surface area (Å²) in [6, 6.07) is 0. The summed E-state index contributed by atoms with van der Waals surface area (Å²) < 4.78 is 25.4. The Balaban J connectivity index is 2.84. The number of carbonyl (C=O) groups is 3. The Labute approximate surface area is 264 Å². The molecule has 6 nitrogen and oxygen atoms in total. The van der Waals surface area contributed by atoms with Crippen molar-refractivity contribution < 1.29 is 27.9 Å². The van der Waals surface area contributed by atoms with Crippen molar-refractivity contribution in [1.29, 1.82) is 0 Å². The van der Waals surface area contributed by atoms with Crippen molar-refractivity contribution in [3.63, 3.8) is 0 Å². The number of unbranched alkanes of at least 4 members (excludes halogenated alkanes) is 21. The average Bonchev–Trinajstić information content (AvgIpc) is 2.98. The highest BCUT2D eigenvalue weighted by atomic mass is 32.2. The fourth-order valence-electron chi connectivity index (χ4n) is 6.76. The molecular formula is C36H66O6S. The predicted octanol–water partition coefficient (Wildman–Crippen LogP) is 9.95. The number of ketones is 2. The number of carbonyl (C=O) groups excluding carboxylic acids is 2. The third kappa shape index (κ3) is 13.0. The smallest absolute Gasteiger partial charge is 0.314 e. The highest BCUT2D eigenvalue weighted by molar-refractivity contribution is 7.98. The van der Waals surface area contributed by atoms with Gasteiger partial charge in [0.1, 0.15) is 11.2 Å². The minimum Gasteiger partial charge on any atom is -0.481 e. The summed E-state index contributed by atoms with van der Waals surface area (Å²) in [5.41, 5.74) is 0. The molecule has 0 amide bonds. The molecule has 7 heteroatoms. The van der Waals surface area contributed by atoms with Crippen molar-refractivity contribution in [3.8, 4) is 0 Å². The van der Waals surface area contributed by atoms with Gasteiger partial charge in [-0.1, -0.05) is 175 Å². The molecule has 0 radical (unpaired) electrons. The molecule has 0 bridgehead atoms. The lowest BCUT2D eigenvalue weighted by atomic mass is 9.80. The minimum absolute atomic E-state index is 0.0584. The molecule has 252 valence electrons. The van der Waals surface area contributed by atoms with Crippen molar-refractivity contribution in [2.45, 2.75) is 204 Å². The Morgan fingerprint density at radius 1 is 0.628 bits per heavy atom. The van der Waals surface area contributed by atoms with Crippen LogP contribution in [0.25, 0.3) is 0 Å².